The molecule has 1 aliphatic heterocycles. The van der Waals surface area contributed by atoms with E-state index < -0.39 is 12.8 Å². The minimum atomic E-state index is -4.36. The Kier molecular flexibility index (Phi) is 7.93. The number of alkyl halides is 3. The van der Waals surface area contributed by atoms with Crippen molar-refractivity contribution in [3.63, 3.8) is 0 Å². The van der Waals surface area contributed by atoms with Crippen LogP contribution in [0.4, 0.5) is 13.2 Å². The highest BCUT2D eigenvalue weighted by molar-refractivity contribution is 5.30. The summed E-state index contributed by atoms with van der Waals surface area (Å²) >= 11 is 0. The molecule has 1 saturated heterocycles. The summed E-state index contributed by atoms with van der Waals surface area (Å²) < 4.78 is 49.3. The van der Waals surface area contributed by atoms with Gasteiger partial charge in [0.1, 0.15) is 0 Å². The van der Waals surface area contributed by atoms with Crippen LogP contribution in [0.2, 0.25) is 0 Å². The number of unbranched alkanes of at least 4 members (excludes halogenated alkanes) is 1. The molecule has 2 rings (SSSR count). The first-order valence-corrected chi connectivity index (χ1v) is 9.46. The van der Waals surface area contributed by atoms with Crippen LogP contribution < -0.4 is 10.1 Å². The van der Waals surface area contributed by atoms with Crippen molar-refractivity contribution in [2.24, 2.45) is 7.05 Å². The number of aromatic nitrogens is 2. The molecular weight excluding hydrogens is 361 g/mol. The van der Waals surface area contributed by atoms with Crippen molar-refractivity contribution in [2.75, 3.05) is 32.8 Å². The van der Waals surface area contributed by atoms with E-state index >= 15 is 0 Å². The zero-order valence-electron chi connectivity index (χ0n) is 16.6. The van der Waals surface area contributed by atoms with Gasteiger partial charge in [-0.2, -0.15) is 18.3 Å². The summed E-state index contributed by atoms with van der Waals surface area (Å²) in [4.78, 5) is 2.42. The quantitative estimate of drug-likeness (QED) is 0.655. The molecule has 156 valence electrons. The van der Waals surface area contributed by atoms with Crippen molar-refractivity contribution in [1.29, 1.82) is 0 Å². The second-order valence-electron chi connectivity index (χ2n) is 7.30. The fourth-order valence-electron chi connectivity index (χ4n) is 3.48. The van der Waals surface area contributed by atoms with E-state index in [1.165, 1.54) is 4.68 Å². The molecule has 1 fully saturated rings. The molecule has 2 unspecified atom stereocenters. The summed E-state index contributed by atoms with van der Waals surface area (Å²) in [6.45, 7) is 8.86. The van der Waals surface area contributed by atoms with Crippen molar-refractivity contribution in [3.05, 3.63) is 11.3 Å². The van der Waals surface area contributed by atoms with Gasteiger partial charge in [0.25, 0.3) is 0 Å². The molecule has 2 atom stereocenters. The molecule has 1 aliphatic rings. The van der Waals surface area contributed by atoms with Gasteiger partial charge in [0.15, 0.2) is 6.61 Å². The molecule has 0 saturated carbocycles. The lowest BCUT2D eigenvalue weighted by molar-refractivity contribution is -0.154. The van der Waals surface area contributed by atoms with Gasteiger partial charge in [-0.1, -0.05) is 0 Å². The molecule has 1 N–H and O–H groups in total. The van der Waals surface area contributed by atoms with Crippen molar-refractivity contribution < 1.29 is 22.6 Å². The maximum atomic E-state index is 12.4. The van der Waals surface area contributed by atoms with Crippen LogP contribution in [-0.4, -0.2) is 65.9 Å². The first kappa shape index (κ1) is 22.0. The highest BCUT2D eigenvalue weighted by Gasteiger charge is 2.30. The number of morpholine rings is 1. The van der Waals surface area contributed by atoms with Crippen LogP contribution in [0, 0.1) is 6.92 Å². The number of rotatable bonds is 9. The lowest BCUT2D eigenvalue weighted by Gasteiger charge is -2.35. The van der Waals surface area contributed by atoms with Crippen LogP contribution in [0.25, 0.3) is 0 Å². The van der Waals surface area contributed by atoms with Gasteiger partial charge >= 0.3 is 6.18 Å². The molecule has 1 aromatic rings. The van der Waals surface area contributed by atoms with Crippen molar-refractivity contribution in [2.45, 2.75) is 58.5 Å². The summed E-state index contributed by atoms with van der Waals surface area (Å²) in [7, 11) is 1.59. The minimum absolute atomic E-state index is 0.175. The summed E-state index contributed by atoms with van der Waals surface area (Å²) in [5.74, 6) is 0.175. The molecule has 2 heterocycles. The maximum absolute atomic E-state index is 12.4. The second kappa shape index (κ2) is 9.75. The van der Waals surface area contributed by atoms with E-state index in [-0.39, 0.29) is 18.1 Å². The van der Waals surface area contributed by atoms with Gasteiger partial charge in [-0.05, 0) is 46.7 Å². The molecule has 0 radical (unpaired) electrons. The highest BCUT2D eigenvalue weighted by atomic mass is 19.4. The Labute approximate surface area is 159 Å². The molecule has 27 heavy (non-hydrogen) atoms. The van der Waals surface area contributed by atoms with Crippen LogP contribution in [0.1, 0.15) is 37.9 Å². The third kappa shape index (κ3) is 7.31. The number of aryl methyl sites for hydroxylation is 2. The zero-order chi connectivity index (χ0) is 20.0. The fraction of sp³-hybridized carbons (Fsp3) is 0.833. The molecule has 0 bridgehead atoms. The number of nitrogens with zero attached hydrogens (tertiary/aromatic N) is 3. The molecule has 0 aromatic carbocycles. The Balaban J connectivity index is 1.71. The number of hydrogen-bond acceptors (Lipinski definition) is 5. The van der Waals surface area contributed by atoms with Crippen LogP contribution in [0.3, 0.4) is 0 Å². The first-order chi connectivity index (χ1) is 12.7. The van der Waals surface area contributed by atoms with Crippen LogP contribution in [-0.2, 0) is 18.3 Å². The van der Waals surface area contributed by atoms with Gasteiger partial charge in [-0.25, -0.2) is 4.68 Å². The number of hydrogen-bond donors (Lipinski definition) is 1. The van der Waals surface area contributed by atoms with Crippen molar-refractivity contribution in [3.8, 4) is 5.88 Å². The molecule has 6 nitrogen and oxygen atoms in total. The molecule has 0 spiro atoms. The Bertz CT molecular complexity index is 582. The Hall–Kier alpha value is -1.32. The average Bonchev–Trinajstić information content (AvgIpc) is 2.80. The number of halogens is 3. The minimum Gasteiger partial charge on any atom is -0.468 e. The van der Waals surface area contributed by atoms with E-state index in [0.29, 0.717) is 17.8 Å². The normalized spacial score (nSPS) is 21.6. The van der Waals surface area contributed by atoms with E-state index in [1.54, 1.807) is 14.0 Å². The Morgan fingerprint density at radius 2 is 1.89 bits per heavy atom. The van der Waals surface area contributed by atoms with E-state index in [0.717, 1.165) is 39.0 Å². The standard InChI is InChI=1S/C18H31F3N4O2/c1-13-10-25(11-14(2)27-13)8-6-5-7-22-9-16-15(3)23-24(4)17(16)26-12-18(19,20)21/h13-14,22H,5-12H2,1-4H3. The SMILES string of the molecule is Cc1nn(C)c(OCC(F)(F)F)c1CNCCCCN1CC(C)OC(C)C1. The van der Waals surface area contributed by atoms with Gasteiger partial charge in [-0.3, -0.25) is 4.90 Å². The summed E-state index contributed by atoms with van der Waals surface area (Å²) in [5.41, 5.74) is 1.36. The summed E-state index contributed by atoms with van der Waals surface area (Å²) in [6.07, 6.45) is -1.75. The lowest BCUT2D eigenvalue weighted by atomic mass is 10.2. The second-order valence-corrected chi connectivity index (χ2v) is 7.30. The smallest absolute Gasteiger partial charge is 0.422 e. The largest absolute Gasteiger partial charge is 0.468 e. The zero-order valence-corrected chi connectivity index (χ0v) is 16.6. The molecule has 0 aliphatic carbocycles. The fourth-order valence-corrected chi connectivity index (χ4v) is 3.48. The molecule has 9 heteroatoms. The summed E-state index contributed by atoms with van der Waals surface area (Å²) in [6, 6.07) is 0. The average molecular weight is 392 g/mol. The Morgan fingerprint density at radius 3 is 2.52 bits per heavy atom. The van der Waals surface area contributed by atoms with E-state index in [4.69, 9.17) is 9.47 Å². The van der Waals surface area contributed by atoms with Crippen LogP contribution >= 0.6 is 0 Å². The molecule has 1 aromatic heterocycles. The van der Waals surface area contributed by atoms with E-state index in [2.05, 4.69) is 29.2 Å². The third-order valence-corrected chi connectivity index (χ3v) is 4.54. The van der Waals surface area contributed by atoms with Gasteiger partial charge in [-0.15, -0.1) is 0 Å². The topological polar surface area (TPSA) is 51.5 Å². The van der Waals surface area contributed by atoms with Gasteiger partial charge in [0.05, 0.1) is 23.5 Å². The monoisotopic (exact) mass is 392 g/mol. The van der Waals surface area contributed by atoms with Crippen LogP contribution in [0.5, 0.6) is 5.88 Å². The van der Waals surface area contributed by atoms with Crippen molar-refractivity contribution in [1.82, 2.24) is 20.0 Å². The van der Waals surface area contributed by atoms with Gasteiger partial charge < -0.3 is 14.8 Å². The summed E-state index contributed by atoms with van der Waals surface area (Å²) in [5, 5.41) is 7.46. The third-order valence-electron chi connectivity index (χ3n) is 4.54. The maximum Gasteiger partial charge on any atom is 0.422 e. The van der Waals surface area contributed by atoms with Gasteiger partial charge in [0, 0.05) is 26.7 Å². The lowest BCUT2D eigenvalue weighted by Crippen LogP contribution is -2.45. The highest BCUT2D eigenvalue weighted by Crippen LogP contribution is 2.24. The van der Waals surface area contributed by atoms with Crippen LogP contribution in [0.15, 0.2) is 0 Å². The molecular formula is C18H31F3N4O2. The van der Waals surface area contributed by atoms with Crippen molar-refractivity contribution >= 4 is 0 Å². The number of ether oxygens (including phenoxy) is 2. The van der Waals surface area contributed by atoms with E-state index in [1.807, 2.05) is 0 Å². The first-order valence-electron chi connectivity index (χ1n) is 9.46. The van der Waals surface area contributed by atoms with E-state index in [9.17, 15) is 13.2 Å². The molecule has 0 amide bonds. The Morgan fingerprint density at radius 1 is 1.22 bits per heavy atom. The van der Waals surface area contributed by atoms with Gasteiger partial charge in [0.2, 0.25) is 5.88 Å². The predicted octanol–water partition coefficient (Wildman–Crippen LogP) is 2.65. The number of nitrogens with one attached hydrogen (secondary N) is 1. The predicted molar refractivity (Wildman–Crippen MR) is 96.9 cm³/mol.